The van der Waals surface area contributed by atoms with Crippen LogP contribution in [0.15, 0.2) is 96.5 Å². The van der Waals surface area contributed by atoms with Crippen molar-refractivity contribution in [3.05, 3.63) is 124 Å². The normalized spacial score (nSPS) is 17.3. The molecule has 2 saturated heterocycles. The minimum Gasteiger partial charge on any atom is -0.493 e. The van der Waals surface area contributed by atoms with E-state index in [-0.39, 0.29) is 54.8 Å². The number of ether oxygens (including phenoxy) is 2. The van der Waals surface area contributed by atoms with Crippen molar-refractivity contribution < 1.29 is 46.9 Å². The van der Waals surface area contributed by atoms with E-state index in [0.717, 1.165) is 38.7 Å². The van der Waals surface area contributed by atoms with Gasteiger partial charge in [0.1, 0.15) is 29.1 Å². The van der Waals surface area contributed by atoms with Gasteiger partial charge in [-0.15, -0.1) is 11.3 Å². The van der Waals surface area contributed by atoms with Crippen molar-refractivity contribution in [3.63, 3.8) is 0 Å². The Hall–Kier alpha value is -6.88. The lowest BCUT2D eigenvalue weighted by Crippen LogP contribution is -2.57. The highest BCUT2D eigenvalue weighted by molar-refractivity contribution is 7.81. The molecule has 0 aliphatic carbocycles. The number of nitrogens with zero attached hydrogens (tertiary/aromatic N) is 5. The first kappa shape index (κ1) is 51.0. The molecule has 7 rings (SSSR count). The molecular formula is C51H52F3N7O7S2. The van der Waals surface area contributed by atoms with Crippen LogP contribution in [-0.4, -0.2) is 87.2 Å². The van der Waals surface area contributed by atoms with Gasteiger partial charge in [0.15, 0.2) is 5.11 Å². The second-order valence-corrected chi connectivity index (χ2v) is 19.8. The number of carbonyl (C=O) groups excluding carboxylic acids is 4. The van der Waals surface area contributed by atoms with E-state index in [1.54, 1.807) is 111 Å². The van der Waals surface area contributed by atoms with Gasteiger partial charge >= 0.3 is 6.18 Å². The minimum absolute atomic E-state index is 0.0369. The van der Waals surface area contributed by atoms with Crippen molar-refractivity contribution in [1.29, 1.82) is 5.26 Å². The summed E-state index contributed by atoms with van der Waals surface area (Å²) in [5, 5.41) is 25.7. The molecule has 1 aromatic heterocycles. The lowest BCUT2D eigenvalue weighted by Gasteiger charge is -2.35. The Bertz CT molecular complexity index is 2820. The highest BCUT2D eigenvalue weighted by Crippen LogP contribution is 2.40. The lowest BCUT2D eigenvalue weighted by molar-refractivity contribution is -0.142. The standard InChI is InChI=1S/C51H52F3N7O7S2/c1-30-42(70-29-57-30)32-14-12-31(13-15-32)27-56-45(64)40-25-36(62)28-59(40)46(65)43(49(2,3)4)58-44(63)38-10-7-8-11-41(38)68-23-9-22-67-37-20-18-34(19-21-37)61-48(69)60(47(66)50(61,5)6)35-17-16-33(26-55)39(24-35)51(52,53)54/h7-8,10-21,24,29,36,40,43,62H,9,22-23,25,27-28H2,1-6H3,(H,56,64)(H,58,63)/t36-,40+,43?/m1/s1. The third-order valence-corrected chi connectivity index (χ3v) is 13.4. The van der Waals surface area contributed by atoms with Crippen molar-refractivity contribution in [2.24, 2.45) is 5.41 Å². The average molecular weight is 996 g/mol. The molecule has 4 aromatic carbocycles. The van der Waals surface area contributed by atoms with E-state index in [9.17, 15) is 42.7 Å². The van der Waals surface area contributed by atoms with Crippen molar-refractivity contribution in [1.82, 2.24) is 20.5 Å². The maximum absolute atomic E-state index is 14.3. The van der Waals surface area contributed by atoms with E-state index in [0.29, 0.717) is 17.9 Å². The molecule has 4 amide bonds. The first-order valence-electron chi connectivity index (χ1n) is 22.4. The van der Waals surface area contributed by atoms with Crippen LogP contribution in [-0.2, 0) is 27.1 Å². The van der Waals surface area contributed by atoms with E-state index in [4.69, 9.17) is 21.7 Å². The van der Waals surface area contributed by atoms with Crippen LogP contribution in [0.25, 0.3) is 10.4 Å². The lowest BCUT2D eigenvalue weighted by atomic mass is 9.85. The third kappa shape index (κ3) is 10.9. The zero-order chi connectivity index (χ0) is 50.7. The highest BCUT2D eigenvalue weighted by atomic mass is 32.1. The number of carbonyl (C=O) groups is 4. The molecule has 19 heteroatoms. The summed E-state index contributed by atoms with van der Waals surface area (Å²) in [6, 6.07) is 23.6. The molecule has 2 fully saturated rings. The van der Waals surface area contributed by atoms with Crippen LogP contribution in [0.5, 0.6) is 11.5 Å². The van der Waals surface area contributed by atoms with Gasteiger partial charge in [0.05, 0.1) is 63.8 Å². The summed E-state index contributed by atoms with van der Waals surface area (Å²) in [5.74, 6) is -1.27. The van der Waals surface area contributed by atoms with E-state index in [2.05, 4.69) is 15.6 Å². The Balaban J connectivity index is 0.928. The molecule has 0 saturated carbocycles. The molecule has 2 aliphatic rings. The molecule has 0 spiro atoms. The fourth-order valence-electron chi connectivity index (χ4n) is 8.35. The maximum Gasteiger partial charge on any atom is 0.417 e. The predicted octanol–water partition coefficient (Wildman–Crippen LogP) is 8.20. The van der Waals surface area contributed by atoms with Crippen LogP contribution in [0.3, 0.4) is 0 Å². The number of hydrogen-bond donors (Lipinski definition) is 3. The van der Waals surface area contributed by atoms with Crippen molar-refractivity contribution in [2.45, 2.75) is 90.8 Å². The van der Waals surface area contributed by atoms with Gasteiger partial charge < -0.3 is 35.0 Å². The molecule has 5 aromatic rings. The topological polar surface area (TPSA) is 177 Å². The number of nitrogens with one attached hydrogen (secondary N) is 2. The van der Waals surface area contributed by atoms with Gasteiger partial charge in [0.2, 0.25) is 11.8 Å². The van der Waals surface area contributed by atoms with E-state index < -0.39 is 70.1 Å². The van der Waals surface area contributed by atoms with Gasteiger partial charge in [0.25, 0.3) is 11.8 Å². The van der Waals surface area contributed by atoms with Crippen molar-refractivity contribution in [2.75, 3.05) is 29.6 Å². The number of nitriles is 1. The number of β-amino-alcohol motifs (C(OH)–C–C–N with tert-alkyl or cyclic N) is 1. The Morgan fingerprint density at radius 2 is 1.66 bits per heavy atom. The molecular weight excluding hydrogens is 944 g/mol. The van der Waals surface area contributed by atoms with Gasteiger partial charge in [-0.05, 0) is 104 Å². The number of aromatic nitrogens is 1. The van der Waals surface area contributed by atoms with Crippen molar-refractivity contribution in [3.8, 4) is 28.0 Å². The van der Waals surface area contributed by atoms with Crippen LogP contribution >= 0.6 is 23.6 Å². The number of halogens is 3. The number of hydrogen-bond acceptors (Lipinski definition) is 11. The molecule has 0 bridgehead atoms. The Morgan fingerprint density at radius 3 is 2.30 bits per heavy atom. The molecule has 14 nitrogen and oxygen atoms in total. The van der Waals surface area contributed by atoms with Gasteiger partial charge in [0, 0.05) is 31.6 Å². The van der Waals surface area contributed by atoms with Crippen LogP contribution < -0.4 is 29.9 Å². The molecule has 0 radical (unpaired) electrons. The Labute approximate surface area is 413 Å². The van der Waals surface area contributed by atoms with E-state index >= 15 is 0 Å². The number of thiocarbonyl (C=S) groups is 1. The Kier molecular flexibility index (Phi) is 15.0. The van der Waals surface area contributed by atoms with Crippen LogP contribution in [0.1, 0.15) is 80.2 Å². The quantitative estimate of drug-likeness (QED) is 0.0681. The summed E-state index contributed by atoms with van der Waals surface area (Å²) in [7, 11) is 0. The van der Waals surface area contributed by atoms with E-state index in [1.807, 2.05) is 31.2 Å². The van der Waals surface area contributed by atoms with Gasteiger partial charge in [-0.3, -0.25) is 24.1 Å². The number of benzene rings is 4. The number of para-hydroxylation sites is 1. The van der Waals surface area contributed by atoms with Gasteiger partial charge in [-0.2, -0.15) is 18.4 Å². The number of likely N-dealkylation sites (tertiary alicyclic amines) is 1. The van der Waals surface area contributed by atoms with Gasteiger partial charge in [-0.1, -0.05) is 57.2 Å². The number of aliphatic hydroxyl groups is 1. The summed E-state index contributed by atoms with van der Waals surface area (Å²) < 4.78 is 53.3. The summed E-state index contributed by atoms with van der Waals surface area (Å²) in [5.41, 5.74) is 1.39. The van der Waals surface area contributed by atoms with Crippen LogP contribution in [0.2, 0.25) is 0 Å². The highest BCUT2D eigenvalue weighted by Gasteiger charge is 2.51. The molecule has 3 N–H and O–H groups in total. The zero-order valence-corrected chi connectivity index (χ0v) is 40.9. The zero-order valence-electron chi connectivity index (χ0n) is 39.3. The average Bonchev–Trinajstić information content (AvgIpc) is 3.98. The maximum atomic E-state index is 14.3. The van der Waals surface area contributed by atoms with Crippen molar-refractivity contribution >= 4 is 63.7 Å². The van der Waals surface area contributed by atoms with Crippen LogP contribution in [0.4, 0.5) is 24.5 Å². The number of amides is 4. The molecule has 3 heterocycles. The largest absolute Gasteiger partial charge is 0.493 e. The summed E-state index contributed by atoms with van der Waals surface area (Å²) >= 11 is 7.20. The molecule has 1 unspecified atom stereocenters. The fourth-order valence-corrected chi connectivity index (χ4v) is 9.68. The SMILES string of the molecule is Cc1ncsc1-c1ccc(CNC(=O)[C@@H]2C[C@@H](O)CN2C(=O)C(NC(=O)c2ccccc2OCCCOc2ccc(N3C(=S)N(c4ccc(C#N)c(C(F)(F)F)c4)C(=O)C3(C)C)cc2)C(C)(C)C)cc1. The molecule has 3 atom stereocenters. The molecule has 366 valence electrons. The monoisotopic (exact) mass is 995 g/mol. The second-order valence-electron chi connectivity index (χ2n) is 18.5. The number of thiazole rings is 1. The van der Waals surface area contributed by atoms with Crippen LogP contribution in [0, 0.1) is 23.7 Å². The van der Waals surface area contributed by atoms with Gasteiger partial charge in [-0.25, -0.2) is 4.98 Å². The summed E-state index contributed by atoms with van der Waals surface area (Å²) in [6.07, 6.45) is -5.31. The third-order valence-electron chi connectivity index (χ3n) is 12.1. The summed E-state index contributed by atoms with van der Waals surface area (Å²) in [6.45, 7) is 11.1. The minimum atomic E-state index is -4.82. The number of aryl methyl sites for hydroxylation is 1. The summed E-state index contributed by atoms with van der Waals surface area (Å²) in [4.78, 5) is 64.7. The smallest absolute Gasteiger partial charge is 0.417 e. The van der Waals surface area contributed by atoms with E-state index in [1.165, 1.54) is 11.0 Å². The predicted molar refractivity (Wildman–Crippen MR) is 262 cm³/mol. The molecule has 70 heavy (non-hydrogen) atoms. The second kappa shape index (κ2) is 20.6. The Morgan fingerprint density at radius 1 is 0.986 bits per heavy atom. The first-order chi connectivity index (χ1) is 33.1. The number of alkyl halides is 3. The number of anilines is 2. The fraction of sp³-hybridized carbons (Fsp3) is 0.353. The first-order valence-corrected chi connectivity index (χ1v) is 23.7. The molecule has 2 aliphatic heterocycles. The number of aliphatic hydroxyl groups excluding tert-OH is 1. The number of rotatable bonds is 15.